The molecule has 1 N–H and O–H groups in total. The second-order valence-electron chi connectivity index (χ2n) is 5.02. The number of hydrogen-bond acceptors (Lipinski definition) is 4. The molecule has 0 aliphatic heterocycles. The molecule has 7 nitrogen and oxygen atoms in total. The van der Waals surface area contributed by atoms with E-state index in [1.54, 1.807) is 39.8 Å². The lowest BCUT2D eigenvalue weighted by Crippen LogP contribution is -2.15. The van der Waals surface area contributed by atoms with E-state index in [-0.39, 0.29) is 5.91 Å². The van der Waals surface area contributed by atoms with Gasteiger partial charge in [0.05, 0.1) is 11.9 Å². The SMILES string of the molecule is Cc1nn2cccnc2c1NC(=O)c1cnc2ccc(Br)cn12. The number of rotatable bonds is 2. The van der Waals surface area contributed by atoms with Crippen LogP contribution in [0.4, 0.5) is 5.69 Å². The van der Waals surface area contributed by atoms with Crippen LogP contribution in [-0.4, -0.2) is 29.9 Å². The van der Waals surface area contributed by atoms with E-state index in [1.807, 2.05) is 19.1 Å². The zero-order valence-electron chi connectivity index (χ0n) is 12.1. The Hall–Kier alpha value is -2.74. The molecule has 4 aromatic rings. The van der Waals surface area contributed by atoms with Gasteiger partial charge in [-0.15, -0.1) is 0 Å². The number of carbonyl (C=O) groups is 1. The maximum absolute atomic E-state index is 12.6. The average molecular weight is 371 g/mol. The Morgan fingerprint density at radius 2 is 2.17 bits per heavy atom. The quantitative estimate of drug-likeness (QED) is 0.588. The van der Waals surface area contributed by atoms with Crippen LogP contribution in [0, 0.1) is 6.92 Å². The number of nitrogens with one attached hydrogen (secondary N) is 1. The fraction of sp³-hybridized carbons (Fsp3) is 0.0667. The highest BCUT2D eigenvalue weighted by atomic mass is 79.9. The minimum absolute atomic E-state index is 0.265. The first-order valence-electron chi connectivity index (χ1n) is 6.87. The molecule has 8 heteroatoms. The van der Waals surface area contributed by atoms with Crippen molar-refractivity contribution in [1.29, 1.82) is 0 Å². The molecule has 4 aromatic heterocycles. The molecule has 0 saturated carbocycles. The molecule has 0 aliphatic carbocycles. The highest BCUT2D eigenvalue weighted by molar-refractivity contribution is 9.10. The van der Waals surface area contributed by atoms with Crippen LogP contribution in [0.2, 0.25) is 0 Å². The van der Waals surface area contributed by atoms with Gasteiger partial charge in [-0.1, -0.05) is 0 Å². The molecule has 0 atom stereocenters. The molecule has 4 rings (SSSR count). The number of nitrogens with zero attached hydrogens (tertiary/aromatic N) is 5. The maximum Gasteiger partial charge on any atom is 0.274 e. The smallest absolute Gasteiger partial charge is 0.274 e. The Kier molecular flexibility index (Phi) is 3.12. The van der Waals surface area contributed by atoms with Gasteiger partial charge < -0.3 is 5.32 Å². The summed E-state index contributed by atoms with van der Waals surface area (Å²) in [6, 6.07) is 5.50. The summed E-state index contributed by atoms with van der Waals surface area (Å²) in [4.78, 5) is 21.2. The van der Waals surface area contributed by atoms with E-state index < -0.39 is 0 Å². The Morgan fingerprint density at radius 3 is 3.04 bits per heavy atom. The monoisotopic (exact) mass is 370 g/mol. The van der Waals surface area contributed by atoms with Gasteiger partial charge in [0.1, 0.15) is 17.0 Å². The van der Waals surface area contributed by atoms with E-state index in [1.165, 1.54) is 0 Å². The summed E-state index contributed by atoms with van der Waals surface area (Å²) in [5.41, 5.74) is 3.05. The number of pyridine rings is 1. The second-order valence-corrected chi connectivity index (χ2v) is 5.94. The van der Waals surface area contributed by atoms with E-state index in [2.05, 4.69) is 36.3 Å². The Labute approximate surface area is 139 Å². The first kappa shape index (κ1) is 13.9. The van der Waals surface area contributed by atoms with Crippen LogP contribution in [0.25, 0.3) is 11.3 Å². The molecule has 0 bridgehead atoms. The largest absolute Gasteiger partial charge is 0.316 e. The summed E-state index contributed by atoms with van der Waals surface area (Å²) >= 11 is 3.40. The molecule has 0 spiro atoms. The molecular weight excluding hydrogens is 360 g/mol. The number of fused-ring (bicyclic) bond motifs is 2. The van der Waals surface area contributed by atoms with Gasteiger partial charge in [-0.25, -0.2) is 14.5 Å². The molecule has 1 amide bonds. The van der Waals surface area contributed by atoms with Crippen LogP contribution in [-0.2, 0) is 0 Å². The minimum atomic E-state index is -0.265. The number of halogens is 1. The highest BCUT2D eigenvalue weighted by Crippen LogP contribution is 2.20. The highest BCUT2D eigenvalue weighted by Gasteiger charge is 2.17. The van der Waals surface area contributed by atoms with Gasteiger partial charge in [-0.05, 0) is 41.1 Å². The van der Waals surface area contributed by atoms with E-state index in [9.17, 15) is 4.79 Å². The third-order valence-electron chi connectivity index (χ3n) is 3.51. The molecule has 0 fully saturated rings. The van der Waals surface area contributed by atoms with Gasteiger partial charge in [0.15, 0.2) is 5.65 Å². The van der Waals surface area contributed by atoms with Gasteiger partial charge in [-0.2, -0.15) is 5.10 Å². The molecule has 4 heterocycles. The summed E-state index contributed by atoms with van der Waals surface area (Å²) in [6.45, 7) is 1.83. The van der Waals surface area contributed by atoms with Crippen LogP contribution in [0.1, 0.15) is 16.2 Å². The number of anilines is 1. The van der Waals surface area contributed by atoms with Crippen molar-refractivity contribution in [3.63, 3.8) is 0 Å². The van der Waals surface area contributed by atoms with Crippen LogP contribution in [0.3, 0.4) is 0 Å². The Bertz CT molecular complexity index is 1050. The summed E-state index contributed by atoms with van der Waals surface area (Å²) in [7, 11) is 0. The Balaban J connectivity index is 1.77. The summed E-state index contributed by atoms with van der Waals surface area (Å²) in [6.07, 6.45) is 6.80. The lowest BCUT2D eigenvalue weighted by atomic mass is 10.3. The first-order valence-corrected chi connectivity index (χ1v) is 7.67. The lowest BCUT2D eigenvalue weighted by Gasteiger charge is -2.04. The molecular formula is C15H11BrN6O. The number of amides is 1. The van der Waals surface area contributed by atoms with Gasteiger partial charge >= 0.3 is 0 Å². The molecule has 0 unspecified atom stereocenters. The van der Waals surface area contributed by atoms with E-state index in [0.29, 0.717) is 28.4 Å². The third-order valence-corrected chi connectivity index (χ3v) is 3.98. The number of aryl methyl sites for hydroxylation is 1. The van der Waals surface area contributed by atoms with Gasteiger partial charge in [0.25, 0.3) is 5.91 Å². The van der Waals surface area contributed by atoms with Crippen molar-refractivity contribution < 1.29 is 4.79 Å². The van der Waals surface area contributed by atoms with Crippen molar-refractivity contribution in [1.82, 2.24) is 24.0 Å². The van der Waals surface area contributed by atoms with Crippen molar-refractivity contribution in [2.75, 3.05) is 5.32 Å². The zero-order chi connectivity index (χ0) is 16.0. The van der Waals surface area contributed by atoms with Gasteiger partial charge in [0.2, 0.25) is 0 Å². The molecule has 0 aliphatic rings. The topological polar surface area (TPSA) is 76.6 Å². The summed E-state index contributed by atoms with van der Waals surface area (Å²) in [5.74, 6) is -0.265. The average Bonchev–Trinajstić information content (AvgIpc) is 3.08. The molecule has 0 radical (unpaired) electrons. The fourth-order valence-corrected chi connectivity index (χ4v) is 2.78. The van der Waals surface area contributed by atoms with Crippen molar-refractivity contribution in [3.8, 4) is 0 Å². The van der Waals surface area contributed by atoms with Crippen LogP contribution in [0.5, 0.6) is 0 Å². The minimum Gasteiger partial charge on any atom is -0.316 e. The fourth-order valence-electron chi connectivity index (χ4n) is 2.44. The second kappa shape index (κ2) is 5.17. The molecule has 0 saturated heterocycles. The van der Waals surface area contributed by atoms with Crippen LogP contribution in [0.15, 0.2) is 47.5 Å². The lowest BCUT2D eigenvalue weighted by molar-refractivity contribution is 0.102. The number of aromatic nitrogens is 5. The van der Waals surface area contributed by atoms with Crippen LogP contribution >= 0.6 is 15.9 Å². The van der Waals surface area contributed by atoms with Crippen LogP contribution < -0.4 is 5.32 Å². The predicted molar refractivity (Wildman–Crippen MR) is 88.6 cm³/mol. The number of carbonyl (C=O) groups excluding carboxylic acids is 1. The summed E-state index contributed by atoms with van der Waals surface area (Å²) < 4.78 is 4.23. The predicted octanol–water partition coefficient (Wildman–Crippen LogP) is 2.70. The number of imidazole rings is 1. The van der Waals surface area contributed by atoms with Crippen molar-refractivity contribution in [3.05, 3.63) is 58.8 Å². The molecule has 114 valence electrons. The summed E-state index contributed by atoms with van der Waals surface area (Å²) in [5, 5.41) is 7.22. The molecule has 0 aromatic carbocycles. The van der Waals surface area contributed by atoms with Crippen molar-refractivity contribution in [2.45, 2.75) is 6.92 Å². The van der Waals surface area contributed by atoms with E-state index in [0.717, 1.165) is 4.47 Å². The van der Waals surface area contributed by atoms with Crippen molar-refractivity contribution in [2.24, 2.45) is 0 Å². The standard InChI is InChI=1S/C15H11BrN6O/c1-9-13(14-17-5-2-6-22(14)20-9)19-15(23)11-7-18-12-4-3-10(16)8-21(11)12/h2-8H,1H3,(H,19,23). The first-order chi connectivity index (χ1) is 11.1. The van der Waals surface area contributed by atoms with E-state index >= 15 is 0 Å². The van der Waals surface area contributed by atoms with Crippen molar-refractivity contribution >= 4 is 38.8 Å². The molecule has 23 heavy (non-hydrogen) atoms. The zero-order valence-corrected chi connectivity index (χ0v) is 13.6. The normalized spacial score (nSPS) is 11.2. The van der Waals surface area contributed by atoms with Gasteiger partial charge in [-0.3, -0.25) is 9.20 Å². The Morgan fingerprint density at radius 1 is 1.30 bits per heavy atom. The van der Waals surface area contributed by atoms with E-state index in [4.69, 9.17) is 0 Å². The third kappa shape index (κ3) is 2.27. The number of hydrogen-bond donors (Lipinski definition) is 1. The maximum atomic E-state index is 12.6. The van der Waals surface area contributed by atoms with Gasteiger partial charge in [0, 0.05) is 23.1 Å².